The number of fused-ring (bicyclic) bond motifs is 1. The Kier molecular flexibility index (Phi) is 5.82. The van der Waals surface area contributed by atoms with Crippen LogP contribution in [0.15, 0.2) is 62.3 Å². The van der Waals surface area contributed by atoms with E-state index >= 15 is 0 Å². The van der Waals surface area contributed by atoms with Gasteiger partial charge in [0, 0.05) is 30.1 Å². The molecule has 1 N–H and O–H groups in total. The third-order valence-electron chi connectivity index (χ3n) is 6.04. The van der Waals surface area contributed by atoms with Crippen LogP contribution in [-0.2, 0) is 4.79 Å². The van der Waals surface area contributed by atoms with Crippen LogP contribution in [0, 0.1) is 0 Å². The maximum absolute atomic E-state index is 13.7. The number of benzene rings is 2. The van der Waals surface area contributed by atoms with Gasteiger partial charge in [-0.05, 0) is 48.9 Å². The minimum atomic E-state index is 0.0231. The van der Waals surface area contributed by atoms with Gasteiger partial charge in [0.1, 0.15) is 16.4 Å². The Morgan fingerprint density at radius 2 is 1.91 bits per heavy atom. The highest BCUT2D eigenvalue weighted by molar-refractivity contribution is 8.19. The van der Waals surface area contributed by atoms with Gasteiger partial charge in [-0.1, -0.05) is 37.1 Å². The first-order chi connectivity index (χ1) is 15.5. The molecule has 166 valence electrons. The highest BCUT2D eigenvalue weighted by Crippen LogP contribution is 2.51. The Bertz CT molecular complexity index is 1130. The van der Waals surface area contributed by atoms with Crippen LogP contribution in [0.2, 0.25) is 0 Å². The summed E-state index contributed by atoms with van der Waals surface area (Å²) in [7, 11) is 3.65. The molecule has 0 aromatic heterocycles. The number of aromatic hydroxyl groups is 1. The number of amidine groups is 1. The second-order valence-electron chi connectivity index (χ2n) is 8.11. The molecule has 32 heavy (non-hydrogen) atoms. The van der Waals surface area contributed by atoms with Crippen molar-refractivity contribution >= 4 is 46.0 Å². The molecule has 0 radical (unpaired) electrons. The molecule has 0 spiro atoms. The van der Waals surface area contributed by atoms with Gasteiger partial charge in [0.2, 0.25) is 0 Å². The van der Waals surface area contributed by atoms with Crippen molar-refractivity contribution in [1.29, 1.82) is 0 Å². The summed E-state index contributed by atoms with van der Waals surface area (Å²) in [6, 6.07) is 13.0. The predicted octanol–water partition coefficient (Wildman–Crippen LogP) is 5.71. The first kappa shape index (κ1) is 21.3. The molecule has 1 saturated heterocycles. The number of amides is 1. The smallest absolute Gasteiger partial charge is 0.269 e. The molecule has 1 amide bonds. The first-order valence-electron chi connectivity index (χ1n) is 10.8. The zero-order chi connectivity index (χ0) is 22.2. The van der Waals surface area contributed by atoms with Gasteiger partial charge in [-0.3, -0.25) is 9.69 Å². The third kappa shape index (κ3) is 3.86. The molecular formula is C24H25N3O3S2. The quantitative estimate of drug-likeness (QED) is 0.584. The fraction of sp³-hybridized carbons (Fsp3) is 0.333. The molecule has 1 aliphatic carbocycles. The van der Waals surface area contributed by atoms with Crippen molar-refractivity contribution in [3.63, 3.8) is 0 Å². The zero-order valence-corrected chi connectivity index (χ0v) is 19.7. The molecule has 3 aliphatic rings. The molecule has 8 heteroatoms. The molecule has 2 heterocycles. The number of hydrogen-bond acceptors (Lipinski definition) is 7. The van der Waals surface area contributed by atoms with Crippen LogP contribution >= 0.6 is 23.5 Å². The number of phenolic OH excluding ortho intramolecular Hbond substituents is 1. The van der Waals surface area contributed by atoms with Crippen molar-refractivity contribution in [1.82, 2.24) is 4.90 Å². The van der Waals surface area contributed by atoms with Crippen LogP contribution in [0.1, 0.15) is 32.1 Å². The summed E-state index contributed by atoms with van der Waals surface area (Å²) >= 11 is 3.04. The van der Waals surface area contributed by atoms with E-state index in [0.717, 1.165) is 47.0 Å². The lowest BCUT2D eigenvalue weighted by Gasteiger charge is -2.30. The number of carbonyl (C=O) groups excluding carboxylic acids is 1. The summed E-state index contributed by atoms with van der Waals surface area (Å²) in [5, 5.41) is 11.5. The number of carbonyl (C=O) groups is 1. The zero-order valence-electron chi connectivity index (χ0n) is 18.1. The van der Waals surface area contributed by atoms with Gasteiger partial charge >= 0.3 is 0 Å². The number of methoxy groups -OCH3 is 1. The summed E-state index contributed by atoms with van der Waals surface area (Å²) in [4.78, 5) is 24.3. The van der Waals surface area contributed by atoms with E-state index in [2.05, 4.69) is 4.90 Å². The van der Waals surface area contributed by atoms with E-state index in [1.165, 1.54) is 18.2 Å². The molecule has 0 bridgehead atoms. The van der Waals surface area contributed by atoms with Crippen molar-refractivity contribution in [3.8, 4) is 11.5 Å². The van der Waals surface area contributed by atoms with Crippen LogP contribution in [0.5, 0.6) is 11.5 Å². The highest BCUT2D eigenvalue weighted by Gasteiger charge is 2.42. The summed E-state index contributed by atoms with van der Waals surface area (Å²) < 4.78 is 5.39. The van der Waals surface area contributed by atoms with E-state index < -0.39 is 0 Å². The third-order valence-corrected chi connectivity index (χ3v) is 8.45. The lowest BCUT2D eigenvalue weighted by Crippen LogP contribution is -2.40. The Morgan fingerprint density at radius 3 is 2.66 bits per heavy atom. The largest absolute Gasteiger partial charge is 0.508 e. The van der Waals surface area contributed by atoms with Gasteiger partial charge in [0.15, 0.2) is 5.17 Å². The van der Waals surface area contributed by atoms with Crippen LogP contribution in [0.25, 0.3) is 0 Å². The second-order valence-corrected chi connectivity index (χ2v) is 10.1. The number of aliphatic imine (C=N–C) groups is 1. The number of nitrogens with zero attached hydrogens (tertiary/aromatic N) is 3. The lowest BCUT2D eigenvalue weighted by molar-refractivity contribution is -0.124. The standard InChI is InChI=1S/C24H25N3O3S2/c1-26-19-14-18(30-2)11-12-20(19)31-23(26)21-22(29)27(16-8-4-3-5-9-16)24(32-21)25-15-7-6-10-17(28)13-15/h6-7,10-14,16,28H,3-5,8-9H2,1-2H3. The first-order valence-corrected chi connectivity index (χ1v) is 12.4. The van der Waals surface area contributed by atoms with Gasteiger partial charge in [-0.25, -0.2) is 4.99 Å². The number of phenols is 1. The summed E-state index contributed by atoms with van der Waals surface area (Å²) in [5.74, 6) is 0.984. The van der Waals surface area contributed by atoms with E-state index in [1.807, 2.05) is 36.2 Å². The number of ether oxygens (including phenoxy) is 1. The maximum atomic E-state index is 13.7. The fourth-order valence-corrected chi connectivity index (χ4v) is 6.76. The monoisotopic (exact) mass is 467 g/mol. The van der Waals surface area contributed by atoms with Crippen LogP contribution in [0.4, 0.5) is 11.4 Å². The summed E-state index contributed by atoms with van der Waals surface area (Å²) in [6.45, 7) is 0. The SMILES string of the molecule is COc1ccc2c(c1)N(C)C(=C1SC(=Nc3cccc(O)c3)N(C3CCCCC3)C1=O)S2. The second kappa shape index (κ2) is 8.75. The Labute approximate surface area is 196 Å². The van der Waals surface area contributed by atoms with E-state index in [4.69, 9.17) is 9.73 Å². The van der Waals surface area contributed by atoms with Crippen molar-refractivity contribution in [3.05, 3.63) is 52.4 Å². The van der Waals surface area contributed by atoms with Crippen molar-refractivity contribution < 1.29 is 14.6 Å². The Balaban J connectivity index is 1.55. The Hall–Kier alpha value is -2.58. The highest BCUT2D eigenvalue weighted by atomic mass is 32.2. The molecule has 2 aromatic carbocycles. The summed E-state index contributed by atoms with van der Waals surface area (Å²) in [6.07, 6.45) is 5.46. The average Bonchev–Trinajstić information content (AvgIpc) is 3.30. The van der Waals surface area contributed by atoms with Gasteiger partial charge in [0.25, 0.3) is 5.91 Å². The van der Waals surface area contributed by atoms with Gasteiger partial charge in [0.05, 0.1) is 23.5 Å². The average molecular weight is 468 g/mol. The minimum absolute atomic E-state index is 0.0231. The van der Waals surface area contributed by atoms with E-state index in [-0.39, 0.29) is 17.7 Å². The Morgan fingerprint density at radius 1 is 1.09 bits per heavy atom. The van der Waals surface area contributed by atoms with Crippen LogP contribution in [0.3, 0.4) is 0 Å². The molecule has 1 saturated carbocycles. The summed E-state index contributed by atoms with van der Waals surface area (Å²) in [5.41, 5.74) is 1.68. The van der Waals surface area contributed by atoms with E-state index in [0.29, 0.717) is 15.8 Å². The van der Waals surface area contributed by atoms with Gasteiger partial charge < -0.3 is 14.7 Å². The topological polar surface area (TPSA) is 65.4 Å². The molecular weight excluding hydrogens is 442 g/mol. The van der Waals surface area contributed by atoms with E-state index in [9.17, 15) is 9.90 Å². The number of anilines is 1. The maximum Gasteiger partial charge on any atom is 0.269 e. The fourth-order valence-electron chi connectivity index (χ4n) is 4.38. The van der Waals surface area contributed by atoms with Crippen molar-refractivity contribution in [2.45, 2.75) is 43.0 Å². The van der Waals surface area contributed by atoms with Crippen LogP contribution in [-0.4, -0.2) is 41.3 Å². The lowest BCUT2D eigenvalue weighted by atomic mass is 9.94. The van der Waals surface area contributed by atoms with Crippen molar-refractivity contribution in [2.24, 2.45) is 4.99 Å². The molecule has 2 fully saturated rings. The van der Waals surface area contributed by atoms with Gasteiger partial charge in [-0.15, -0.1) is 0 Å². The molecule has 6 nitrogen and oxygen atoms in total. The van der Waals surface area contributed by atoms with Crippen molar-refractivity contribution in [2.75, 3.05) is 19.1 Å². The number of thioether (sulfide) groups is 2. The number of rotatable bonds is 3. The number of hydrogen-bond donors (Lipinski definition) is 1. The minimum Gasteiger partial charge on any atom is -0.508 e. The predicted molar refractivity (Wildman–Crippen MR) is 131 cm³/mol. The van der Waals surface area contributed by atoms with Gasteiger partial charge in [-0.2, -0.15) is 0 Å². The molecule has 0 atom stereocenters. The van der Waals surface area contributed by atoms with Crippen LogP contribution < -0.4 is 9.64 Å². The molecule has 2 aromatic rings. The molecule has 5 rings (SSSR count). The molecule has 2 aliphatic heterocycles. The van der Waals surface area contributed by atoms with E-state index in [1.54, 1.807) is 37.1 Å². The molecule has 0 unspecified atom stereocenters. The normalized spacial score (nSPS) is 22.7.